The van der Waals surface area contributed by atoms with Crippen LogP contribution in [0.2, 0.25) is 0 Å². The van der Waals surface area contributed by atoms with E-state index in [-0.39, 0.29) is 6.04 Å². The van der Waals surface area contributed by atoms with E-state index in [0.717, 1.165) is 30.9 Å². The molecule has 0 amide bonds. The Bertz CT molecular complexity index is 418. The van der Waals surface area contributed by atoms with Crippen LogP contribution in [0.15, 0.2) is 12.1 Å². The molecule has 0 bridgehead atoms. The van der Waals surface area contributed by atoms with Gasteiger partial charge >= 0.3 is 0 Å². The molecule has 0 saturated heterocycles. The number of hydrogen-bond donors (Lipinski definition) is 1. The lowest BCUT2D eigenvalue weighted by Crippen LogP contribution is -2.15. The van der Waals surface area contributed by atoms with Gasteiger partial charge < -0.3 is 15.2 Å². The highest BCUT2D eigenvalue weighted by molar-refractivity contribution is 5.52. The lowest BCUT2D eigenvalue weighted by Gasteiger charge is -2.16. The van der Waals surface area contributed by atoms with Gasteiger partial charge in [-0.1, -0.05) is 27.7 Å². The van der Waals surface area contributed by atoms with Gasteiger partial charge in [0.2, 0.25) is 0 Å². The van der Waals surface area contributed by atoms with Gasteiger partial charge in [0.05, 0.1) is 13.2 Å². The van der Waals surface area contributed by atoms with Crippen molar-refractivity contribution in [1.82, 2.24) is 0 Å². The Hall–Kier alpha value is -1.22. The van der Waals surface area contributed by atoms with Crippen LogP contribution in [0, 0.1) is 5.92 Å². The summed E-state index contributed by atoms with van der Waals surface area (Å²) in [5.74, 6) is 2.65. The summed E-state index contributed by atoms with van der Waals surface area (Å²) in [7, 11) is 0. The van der Waals surface area contributed by atoms with Gasteiger partial charge in [0.1, 0.15) is 0 Å². The lowest BCUT2D eigenvalue weighted by molar-refractivity contribution is 0.268. The minimum Gasteiger partial charge on any atom is -0.490 e. The molecule has 0 aromatic heterocycles. The predicted molar refractivity (Wildman–Crippen MR) is 82.5 cm³/mol. The van der Waals surface area contributed by atoms with Crippen LogP contribution in [0.5, 0.6) is 11.5 Å². The number of nitrogens with two attached hydrogens (primary N) is 1. The van der Waals surface area contributed by atoms with Crippen LogP contribution in [-0.2, 0) is 0 Å². The molecule has 2 N–H and O–H groups in total. The molecule has 3 unspecified atom stereocenters. The van der Waals surface area contributed by atoms with E-state index in [1.165, 1.54) is 11.1 Å². The van der Waals surface area contributed by atoms with Crippen molar-refractivity contribution in [3.8, 4) is 11.5 Å². The molecule has 2 rings (SSSR count). The minimum absolute atomic E-state index is 0.101. The van der Waals surface area contributed by atoms with Crippen molar-refractivity contribution in [2.75, 3.05) is 13.2 Å². The average Bonchev–Trinajstić information content (AvgIpc) is 2.67. The molecule has 3 nitrogen and oxygen atoms in total. The summed E-state index contributed by atoms with van der Waals surface area (Å²) < 4.78 is 11.7. The molecule has 3 atom stereocenters. The molecule has 1 aliphatic carbocycles. The van der Waals surface area contributed by atoms with Crippen molar-refractivity contribution in [3.05, 3.63) is 23.3 Å². The van der Waals surface area contributed by atoms with E-state index in [9.17, 15) is 0 Å². The number of fused-ring (bicyclic) bond motifs is 1. The Kier molecular flexibility index (Phi) is 4.92. The summed E-state index contributed by atoms with van der Waals surface area (Å²) in [5.41, 5.74) is 8.87. The fourth-order valence-electron chi connectivity index (χ4n) is 2.80. The number of benzene rings is 1. The number of ether oxygens (including phenoxy) is 2. The van der Waals surface area contributed by atoms with Gasteiger partial charge in [0, 0.05) is 6.04 Å². The van der Waals surface area contributed by atoms with Crippen molar-refractivity contribution in [1.29, 1.82) is 0 Å². The molecule has 3 heteroatoms. The molecule has 1 aliphatic rings. The molecule has 1 aromatic carbocycles. The van der Waals surface area contributed by atoms with Crippen molar-refractivity contribution in [2.45, 2.75) is 52.5 Å². The van der Waals surface area contributed by atoms with E-state index in [1.54, 1.807) is 0 Å². The molecule has 0 aliphatic heterocycles. The van der Waals surface area contributed by atoms with Gasteiger partial charge in [0.25, 0.3) is 0 Å². The van der Waals surface area contributed by atoms with Crippen LogP contribution < -0.4 is 15.2 Å². The third-order valence-corrected chi connectivity index (χ3v) is 4.28. The minimum atomic E-state index is 0.101. The van der Waals surface area contributed by atoms with E-state index in [4.69, 9.17) is 15.2 Å². The zero-order valence-electron chi connectivity index (χ0n) is 13.1. The smallest absolute Gasteiger partial charge is 0.161 e. The van der Waals surface area contributed by atoms with Crippen LogP contribution in [0.1, 0.15) is 63.6 Å². The summed E-state index contributed by atoms with van der Waals surface area (Å²) in [6.45, 7) is 10.1. The maximum atomic E-state index is 6.33. The maximum absolute atomic E-state index is 6.33. The predicted octanol–water partition coefficient (Wildman–Crippen LogP) is 4.02. The van der Waals surface area contributed by atoms with Crippen LogP contribution >= 0.6 is 0 Å². The molecule has 0 spiro atoms. The van der Waals surface area contributed by atoms with E-state index >= 15 is 0 Å². The summed E-state index contributed by atoms with van der Waals surface area (Å²) in [4.78, 5) is 0. The highest BCUT2D eigenvalue weighted by atomic mass is 16.5. The van der Waals surface area contributed by atoms with E-state index in [0.29, 0.717) is 18.4 Å². The normalized spacial score (nSPS) is 24.6. The second-order valence-corrected chi connectivity index (χ2v) is 5.80. The quantitative estimate of drug-likeness (QED) is 0.854. The monoisotopic (exact) mass is 277 g/mol. The Morgan fingerprint density at radius 3 is 1.95 bits per heavy atom. The van der Waals surface area contributed by atoms with Gasteiger partial charge in [-0.2, -0.15) is 0 Å². The first-order valence-corrected chi connectivity index (χ1v) is 7.79. The Morgan fingerprint density at radius 1 is 0.950 bits per heavy atom. The fourth-order valence-corrected chi connectivity index (χ4v) is 2.80. The molecule has 0 saturated carbocycles. The first-order chi connectivity index (χ1) is 9.60. The Balaban J connectivity index is 2.35. The summed E-state index contributed by atoms with van der Waals surface area (Å²) in [5, 5.41) is 0. The standard InChI is InChI=1S/C17H27NO2/c1-5-7-19-15-9-13-11(3)12(4)17(18)14(13)10-16(15)20-8-6-2/h9-12,17H,5-8,18H2,1-4H3. The zero-order chi connectivity index (χ0) is 14.7. The van der Waals surface area contributed by atoms with Crippen molar-refractivity contribution in [3.63, 3.8) is 0 Å². The Morgan fingerprint density at radius 2 is 1.45 bits per heavy atom. The third kappa shape index (κ3) is 2.78. The number of rotatable bonds is 6. The molecular formula is C17H27NO2. The SMILES string of the molecule is CCCOc1cc2c(cc1OCCC)C(N)C(C)C2C. The van der Waals surface area contributed by atoms with E-state index in [1.807, 2.05) is 0 Å². The van der Waals surface area contributed by atoms with Crippen LogP contribution in [-0.4, -0.2) is 13.2 Å². The van der Waals surface area contributed by atoms with Gasteiger partial charge in [-0.15, -0.1) is 0 Å². The van der Waals surface area contributed by atoms with Crippen LogP contribution in [0.4, 0.5) is 0 Å². The Labute approximate surface area is 122 Å². The largest absolute Gasteiger partial charge is 0.490 e. The molecule has 112 valence electrons. The first-order valence-electron chi connectivity index (χ1n) is 7.79. The van der Waals surface area contributed by atoms with Gasteiger partial charge in [-0.3, -0.25) is 0 Å². The molecule has 0 radical (unpaired) electrons. The summed E-state index contributed by atoms with van der Waals surface area (Å²) in [6, 6.07) is 4.34. The van der Waals surface area contributed by atoms with Gasteiger partial charge in [-0.05, 0) is 47.9 Å². The van der Waals surface area contributed by atoms with E-state index in [2.05, 4.69) is 39.8 Å². The number of hydrogen-bond acceptors (Lipinski definition) is 3. The average molecular weight is 277 g/mol. The maximum Gasteiger partial charge on any atom is 0.161 e. The van der Waals surface area contributed by atoms with Crippen LogP contribution in [0.25, 0.3) is 0 Å². The highest BCUT2D eigenvalue weighted by Crippen LogP contribution is 2.47. The first kappa shape index (κ1) is 15.2. The van der Waals surface area contributed by atoms with Crippen molar-refractivity contribution in [2.24, 2.45) is 11.7 Å². The second kappa shape index (κ2) is 6.49. The summed E-state index contributed by atoms with van der Waals surface area (Å²) in [6.07, 6.45) is 1.99. The lowest BCUT2D eigenvalue weighted by atomic mass is 9.95. The topological polar surface area (TPSA) is 44.5 Å². The fraction of sp³-hybridized carbons (Fsp3) is 0.647. The molecule has 20 heavy (non-hydrogen) atoms. The molecular weight excluding hydrogens is 250 g/mol. The van der Waals surface area contributed by atoms with Crippen molar-refractivity contribution >= 4 is 0 Å². The summed E-state index contributed by atoms with van der Waals surface area (Å²) >= 11 is 0. The van der Waals surface area contributed by atoms with E-state index < -0.39 is 0 Å². The molecule has 0 heterocycles. The van der Waals surface area contributed by atoms with Crippen LogP contribution in [0.3, 0.4) is 0 Å². The highest BCUT2D eigenvalue weighted by Gasteiger charge is 2.34. The van der Waals surface area contributed by atoms with Crippen molar-refractivity contribution < 1.29 is 9.47 Å². The van der Waals surface area contributed by atoms with Gasteiger partial charge in [-0.25, -0.2) is 0 Å². The van der Waals surface area contributed by atoms with Gasteiger partial charge in [0.15, 0.2) is 11.5 Å². The zero-order valence-corrected chi connectivity index (χ0v) is 13.1. The molecule has 1 aromatic rings. The second-order valence-electron chi connectivity index (χ2n) is 5.80. The third-order valence-electron chi connectivity index (χ3n) is 4.28. The molecule has 0 fully saturated rings.